The average molecular weight is 602 g/mol. The molecule has 0 amide bonds. The number of hydrogen-bond donors (Lipinski definition) is 1. The van der Waals surface area contributed by atoms with Crippen LogP contribution >= 0.6 is 11.6 Å². The predicted molar refractivity (Wildman–Crippen MR) is 150 cm³/mol. The summed E-state index contributed by atoms with van der Waals surface area (Å²) < 4.78 is 60.5. The zero-order valence-corrected chi connectivity index (χ0v) is 24.2. The quantitative estimate of drug-likeness (QED) is 0.178. The second-order valence-corrected chi connectivity index (χ2v) is 12.2. The lowest BCUT2D eigenvalue weighted by Gasteiger charge is -2.20. The van der Waals surface area contributed by atoms with E-state index in [1.165, 1.54) is 30.6 Å². The summed E-state index contributed by atoms with van der Waals surface area (Å²) in [4.78, 5) is 21.8. The van der Waals surface area contributed by atoms with Crippen LogP contribution in [0.3, 0.4) is 0 Å². The van der Waals surface area contributed by atoms with Gasteiger partial charge in [-0.05, 0) is 61.6 Å². The van der Waals surface area contributed by atoms with Crippen molar-refractivity contribution in [1.29, 1.82) is 0 Å². The Labute approximate surface area is 244 Å². The number of anilines is 2. The Hall–Kier alpha value is -3.99. The van der Waals surface area contributed by atoms with Crippen LogP contribution in [-0.2, 0) is 15.7 Å². The highest BCUT2D eigenvalue weighted by Gasteiger charge is 2.63. The molecule has 2 aromatic carbocycles. The first-order valence-electron chi connectivity index (χ1n) is 13.1. The van der Waals surface area contributed by atoms with Gasteiger partial charge in [0.1, 0.15) is 11.4 Å². The van der Waals surface area contributed by atoms with E-state index in [9.17, 15) is 22.4 Å². The molecule has 5 rings (SSSR count). The molecule has 220 valence electrons. The van der Waals surface area contributed by atoms with Gasteiger partial charge in [0.2, 0.25) is 5.95 Å². The third-order valence-corrected chi connectivity index (χ3v) is 7.38. The number of rotatable bonds is 6. The number of nitrogens with one attached hydrogen (secondary N) is 1. The molecule has 0 spiro atoms. The van der Waals surface area contributed by atoms with Gasteiger partial charge in [-0.25, -0.2) is 14.1 Å². The first kappa shape index (κ1) is 29.5. The largest absolute Gasteiger partial charge is 0.460 e. The molecule has 1 N–H and O–H groups in total. The van der Waals surface area contributed by atoms with Crippen LogP contribution < -0.4 is 5.32 Å². The van der Waals surface area contributed by atoms with Crippen LogP contribution in [-0.4, -0.2) is 31.3 Å². The summed E-state index contributed by atoms with van der Waals surface area (Å²) >= 11 is 5.88. The van der Waals surface area contributed by atoms with E-state index in [0.29, 0.717) is 16.8 Å². The van der Waals surface area contributed by atoms with Crippen molar-refractivity contribution in [2.24, 2.45) is 11.3 Å². The fourth-order valence-electron chi connectivity index (χ4n) is 5.07. The van der Waals surface area contributed by atoms with Crippen LogP contribution in [0.15, 0.2) is 60.9 Å². The number of carbonyl (C=O) groups is 1. The van der Waals surface area contributed by atoms with Gasteiger partial charge in [-0.15, -0.1) is 0 Å². The Balaban J connectivity index is 1.54. The van der Waals surface area contributed by atoms with Gasteiger partial charge >= 0.3 is 12.1 Å². The molecule has 4 aromatic rings. The minimum Gasteiger partial charge on any atom is -0.460 e. The second kappa shape index (κ2) is 10.4. The van der Waals surface area contributed by atoms with Gasteiger partial charge in [0, 0.05) is 29.6 Å². The molecule has 2 heterocycles. The van der Waals surface area contributed by atoms with E-state index in [2.05, 4.69) is 20.4 Å². The Morgan fingerprint density at radius 3 is 2.48 bits per heavy atom. The van der Waals surface area contributed by atoms with Gasteiger partial charge < -0.3 is 10.1 Å². The van der Waals surface area contributed by atoms with Gasteiger partial charge in [-0.2, -0.15) is 23.3 Å². The number of carbonyl (C=O) groups excluding carboxylic acids is 1. The monoisotopic (exact) mass is 601 g/mol. The second-order valence-electron chi connectivity index (χ2n) is 11.8. The van der Waals surface area contributed by atoms with Crippen LogP contribution in [0.1, 0.15) is 51.8 Å². The standard InChI is InChI=1S/C30H28ClF4N5O2/c1-28(2,3)42-26(41)24-23(29(24,4)5)17-8-6-7-16(13-17)19-15-36-27(37-18-9-10-21(32)20(31)14-18)38-25(19)40-12-11-22(39-40)30(33,34)35/h6-15,23-24H,1-5H3,(H,36,37,38). The highest BCUT2D eigenvalue weighted by Crippen LogP contribution is 2.65. The van der Waals surface area contributed by atoms with Crippen LogP contribution in [0, 0.1) is 17.2 Å². The first-order chi connectivity index (χ1) is 19.5. The molecule has 2 atom stereocenters. The average Bonchev–Trinajstić information content (AvgIpc) is 3.20. The van der Waals surface area contributed by atoms with E-state index < -0.39 is 23.3 Å². The summed E-state index contributed by atoms with van der Waals surface area (Å²) in [6.45, 7) is 9.45. The van der Waals surface area contributed by atoms with Gasteiger partial charge in [-0.1, -0.05) is 49.7 Å². The van der Waals surface area contributed by atoms with E-state index in [1.54, 1.807) is 6.07 Å². The van der Waals surface area contributed by atoms with E-state index in [4.69, 9.17) is 16.3 Å². The summed E-state index contributed by atoms with van der Waals surface area (Å²) in [5, 5.41) is 6.49. The van der Waals surface area contributed by atoms with E-state index in [-0.39, 0.29) is 40.0 Å². The van der Waals surface area contributed by atoms with Crippen molar-refractivity contribution >= 4 is 29.2 Å². The van der Waals surface area contributed by atoms with Gasteiger partial charge in [0.05, 0.1) is 10.9 Å². The summed E-state index contributed by atoms with van der Waals surface area (Å²) in [6, 6.07) is 12.2. The SMILES string of the molecule is CC(C)(C)OC(=O)C1C(c2cccc(-c3cnc(Nc4ccc(F)c(Cl)c4)nc3-n3ccc(C(F)(F)F)n3)c2)C1(C)C. The Morgan fingerprint density at radius 1 is 1.10 bits per heavy atom. The lowest BCUT2D eigenvalue weighted by Crippen LogP contribution is -2.26. The highest BCUT2D eigenvalue weighted by molar-refractivity contribution is 6.31. The molecule has 1 aliphatic carbocycles. The molecule has 42 heavy (non-hydrogen) atoms. The van der Waals surface area contributed by atoms with Crippen molar-refractivity contribution in [3.63, 3.8) is 0 Å². The Morgan fingerprint density at radius 2 is 1.83 bits per heavy atom. The van der Waals surface area contributed by atoms with Crippen molar-refractivity contribution in [2.45, 2.75) is 52.3 Å². The smallest absolute Gasteiger partial charge is 0.435 e. The maximum atomic E-state index is 13.6. The van der Waals surface area contributed by atoms with Crippen LogP contribution in [0.25, 0.3) is 16.9 Å². The number of halogens is 5. The van der Waals surface area contributed by atoms with Crippen molar-refractivity contribution in [1.82, 2.24) is 19.7 Å². The molecule has 2 unspecified atom stereocenters. The predicted octanol–water partition coefficient (Wildman–Crippen LogP) is 7.97. The third-order valence-electron chi connectivity index (χ3n) is 7.09. The molecule has 7 nitrogen and oxygen atoms in total. The number of alkyl halides is 3. The normalized spacial score (nSPS) is 18.0. The Kier molecular flexibility index (Phi) is 7.29. The fraction of sp³-hybridized carbons (Fsp3) is 0.333. The lowest BCUT2D eigenvalue weighted by molar-refractivity contribution is -0.157. The maximum absolute atomic E-state index is 13.6. The minimum atomic E-state index is -4.65. The molecule has 0 aliphatic heterocycles. The summed E-state index contributed by atoms with van der Waals surface area (Å²) in [7, 11) is 0. The lowest BCUT2D eigenvalue weighted by atomic mass is 9.99. The molecule has 0 saturated heterocycles. The number of nitrogens with zero attached hydrogens (tertiary/aromatic N) is 4. The number of esters is 1. The zero-order chi connectivity index (χ0) is 30.6. The van der Waals surface area contributed by atoms with Crippen molar-refractivity contribution in [3.05, 3.63) is 83.0 Å². The minimum absolute atomic E-state index is 0.0324. The first-order valence-corrected chi connectivity index (χ1v) is 13.5. The molecule has 1 aliphatic rings. The number of hydrogen-bond acceptors (Lipinski definition) is 6. The van der Waals surface area contributed by atoms with Crippen LogP contribution in [0.2, 0.25) is 5.02 Å². The molecule has 2 aromatic heterocycles. The number of ether oxygens (including phenoxy) is 1. The van der Waals surface area contributed by atoms with Gasteiger partial charge in [0.15, 0.2) is 11.5 Å². The third kappa shape index (κ3) is 5.97. The molecular weight excluding hydrogens is 574 g/mol. The molecular formula is C30H28ClF4N5O2. The maximum Gasteiger partial charge on any atom is 0.435 e. The molecule has 1 fully saturated rings. The van der Waals surface area contributed by atoms with E-state index in [0.717, 1.165) is 16.3 Å². The molecule has 0 radical (unpaired) electrons. The van der Waals surface area contributed by atoms with Gasteiger partial charge in [-0.3, -0.25) is 4.79 Å². The molecule has 1 saturated carbocycles. The zero-order valence-electron chi connectivity index (χ0n) is 23.4. The van der Waals surface area contributed by atoms with Gasteiger partial charge in [0.25, 0.3) is 0 Å². The highest BCUT2D eigenvalue weighted by atomic mass is 35.5. The Bertz CT molecular complexity index is 1660. The number of benzene rings is 2. The van der Waals surface area contributed by atoms with E-state index >= 15 is 0 Å². The number of aromatic nitrogens is 4. The molecule has 0 bridgehead atoms. The molecule has 12 heteroatoms. The summed E-state index contributed by atoms with van der Waals surface area (Å²) in [5.74, 6) is -1.25. The van der Waals surface area contributed by atoms with Crippen molar-refractivity contribution in [3.8, 4) is 16.9 Å². The summed E-state index contributed by atoms with van der Waals surface area (Å²) in [6.07, 6.45) is -2.02. The fourth-order valence-corrected chi connectivity index (χ4v) is 5.25. The van der Waals surface area contributed by atoms with E-state index in [1.807, 2.05) is 52.8 Å². The van der Waals surface area contributed by atoms with Crippen molar-refractivity contribution < 1.29 is 27.1 Å². The van der Waals surface area contributed by atoms with Crippen LogP contribution in [0.5, 0.6) is 0 Å². The topological polar surface area (TPSA) is 81.9 Å². The summed E-state index contributed by atoms with van der Waals surface area (Å²) in [5.41, 5.74) is 0.218. The van der Waals surface area contributed by atoms with Crippen LogP contribution in [0.4, 0.5) is 29.2 Å². The van der Waals surface area contributed by atoms with Crippen molar-refractivity contribution in [2.75, 3.05) is 5.32 Å².